The Hall–Kier alpha value is -3.83. The molecule has 0 unspecified atom stereocenters. The molecule has 0 saturated heterocycles. The molecule has 0 fully saturated rings. The Kier molecular flexibility index (Phi) is 5.04. The van der Waals surface area contributed by atoms with E-state index in [9.17, 15) is 9.59 Å². The molecule has 3 aromatic carbocycles. The van der Waals surface area contributed by atoms with Crippen LogP contribution in [0.3, 0.4) is 0 Å². The van der Waals surface area contributed by atoms with Gasteiger partial charge in [0.1, 0.15) is 5.58 Å². The second-order valence-electron chi connectivity index (χ2n) is 7.53. The third kappa shape index (κ3) is 3.47. The van der Waals surface area contributed by atoms with E-state index in [1.807, 2.05) is 37.3 Å². The maximum Gasteiger partial charge on any atom is 0.235 e. The van der Waals surface area contributed by atoms with Crippen molar-refractivity contribution in [3.8, 4) is 17.1 Å². The molecule has 0 bridgehead atoms. The van der Waals surface area contributed by atoms with Crippen molar-refractivity contribution >= 4 is 39.3 Å². The highest BCUT2D eigenvalue weighted by atomic mass is 35.5. The van der Waals surface area contributed by atoms with Crippen molar-refractivity contribution in [1.29, 1.82) is 0 Å². The lowest BCUT2D eigenvalue weighted by Crippen LogP contribution is -2.17. The quantitative estimate of drug-likeness (QED) is 0.330. The van der Waals surface area contributed by atoms with Crippen LogP contribution in [-0.2, 0) is 0 Å². The van der Waals surface area contributed by atoms with E-state index < -0.39 is 0 Å². The molecule has 158 valence electrons. The summed E-state index contributed by atoms with van der Waals surface area (Å²) in [6.07, 6.45) is 1.65. The summed E-state index contributed by atoms with van der Waals surface area (Å²) >= 11 is 6.39. The van der Waals surface area contributed by atoms with Crippen molar-refractivity contribution in [1.82, 2.24) is 4.98 Å². The molecule has 32 heavy (non-hydrogen) atoms. The number of hydrogen-bond donors (Lipinski definition) is 1. The topological polar surface area (TPSA) is 72.3 Å². The molecule has 0 saturated carbocycles. The minimum atomic E-state index is -0.354. The standard InChI is InChI=1S/C26H18ClNO4/c1-15-10-11-18-23(12-15)32-25(17-7-2-4-8-20(17)27)26(24(18)30)31-14-22(29)19-13-28-21-9-5-3-6-16(19)21/h2-13,28H,14H2,1H3. The lowest BCUT2D eigenvalue weighted by molar-refractivity contribution is 0.0922. The summed E-state index contributed by atoms with van der Waals surface area (Å²) in [4.78, 5) is 29.3. The number of Topliss-reactive ketones (excluding diaryl/α,β-unsaturated/α-hetero) is 1. The van der Waals surface area contributed by atoms with Gasteiger partial charge in [0, 0.05) is 28.2 Å². The second kappa shape index (κ2) is 8.02. The van der Waals surface area contributed by atoms with Crippen molar-refractivity contribution in [3.05, 3.63) is 99.3 Å². The highest BCUT2D eigenvalue weighted by Crippen LogP contribution is 2.35. The zero-order valence-corrected chi connectivity index (χ0v) is 17.9. The molecule has 2 aromatic heterocycles. The number of para-hydroxylation sites is 1. The average Bonchev–Trinajstić information content (AvgIpc) is 3.23. The summed E-state index contributed by atoms with van der Waals surface area (Å²) in [6.45, 7) is 1.60. The Balaban J connectivity index is 1.59. The molecule has 0 amide bonds. The predicted molar refractivity (Wildman–Crippen MR) is 126 cm³/mol. The summed E-state index contributed by atoms with van der Waals surface area (Å²) in [5.74, 6) is -0.0935. The summed E-state index contributed by atoms with van der Waals surface area (Å²) in [6, 6.07) is 19.9. The lowest BCUT2D eigenvalue weighted by atomic mass is 10.1. The van der Waals surface area contributed by atoms with Gasteiger partial charge in [0.2, 0.25) is 17.0 Å². The smallest absolute Gasteiger partial charge is 0.235 e. The number of aromatic amines is 1. The maximum atomic E-state index is 13.3. The van der Waals surface area contributed by atoms with Crippen LogP contribution < -0.4 is 10.2 Å². The highest BCUT2D eigenvalue weighted by molar-refractivity contribution is 6.33. The molecule has 0 aliphatic carbocycles. The van der Waals surface area contributed by atoms with Gasteiger partial charge < -0.3 is 14.1 Å². The van der Waals surface area contributed by atoms with Crippen molar-refractivity contribution in [2.24, 2.45) is 0 Å². The van der Waals surface area contributed by atoms with E-state index in [0.717, 1.165) is 16.5 Å². The zero-order chi connectivity index (χ0) is 22.2. The molecule has 5 aromatic rings. The summed E-state index contributed by atoms with van der Waals surface area (Å²) in [5.41, 5.74) is 2.90. The van der Waals surface area contributed by atoms with Crippen LogP contribution in [0, 0.1) is 6.92 Å². The van der Waals surface area contributed by atoms with Crippen LogP contribution in [0.5, 0.6) is 5.75 Å². The van der Waals surface area contributed by atoms with Crippen LogP contribution in [0.4, 0.5) is 0 Å². The minimum Gasteiger partial charge on any atom is -0.478 e. The Bertz CT molecular complexity index is 1550. The summed E-state index contributed by atoms with van der Waals surface area (Å²) < 4.78 is 11.9. The van der Waals surface area contributed by atoms with Gasteiger partial charge in [-0.2, -0.15) is 0 Å². The molecule has 6 heteroatoms. The molecule has 0 aliphatic rings. The van der Waals surface area contributed by atoms with Gasteiger partial charge >= 0.3 is 0 Å². The molecule has 0 aliphatic heterocycles. The number of fused-ring (bicyclic) bond motifs is 2. The number of hydrogen-bond acceptors (Lipinski definition) is 4. The van der Waals surface area contributed by atoms with Gasteiger partial charge in [0.25, 0.3) is 0 Å². The van der Waals surface area contributed by atoms with Crippen molar-refractivity contribution < 1.29 is 13.9 Å². The first kappa shape index (κ1) is 20.1. The number of halogens is 1. The van der Waals surface area contributed by atoms with E-state index in [2.05, 4.69) is 4.98 Å². The normalized spacial score (nSPS) is 11.2. The third-order valence-corrected chi connectivity index (χ3v) is 5.69. The van der Waals surface area contributed by atoms with Gasteiger partial charge in [0.15, 0.2) is 12.4 Å². The fraction of sp³-hybridized carbons (Fsp3) is 0.0769. The molecule has 0 radical (unpaired) electrons. The van der Waals surface area contributed by atoms with Crippen LogP contribution in [0.25, 0.3) is 33.2 Å². The Morgan fingerprint density at radius 3 is 2.66 bits per heavy atom. The molecule has 0 spiro atoms. The summed E-state index contributed by atoms with van der Waals surface area (Å²) in [5, 5.41) is 1.59. The fourth-order valence-corrected chi connectivity index (χ4v) is 3.98. The number of aromatic nitrogens is 1. The molecular weight excluding hydrogens is 426 g/mol. The first-order valence-electron chi connectivity index (χ1n) is 10.1. The molecule has 5 rings (SSSR count). The zero-order valence-electron chi connectivity index (χ0n) is 17.1. The summed E-state index contributed by atoms with van der Waals surface area (Å²) in [7, 11) is 0. The van der Waals surface area contributed by atoms with Gasteiger partial charge in [-0.15, -0.1) is 0 Å². The van der Waals surface area contributed by atoms with E-state index in [1.165, 1.54) is 0 Å². The number of ether oxygens (including phenoxy) is 1. The van der Waals surface area contributed by atoms with Crippen molar-refractivity contribution in [2.75, 3.05) is 6.61 Å². The van der Waals surface area contributed by atoms with Crippen LogP contribution >= 0.6 is 11.6 Å². The number of aryl methyl sites for hydroxylation is 1. The first-order chi connectivity index (χ1) is 15.5. The monoisotopic (exact) mass is 443 g/mol. The number of H-pyrrole nitrogens is 1. The van der Waals surface area contributed by atoms with E-state index in [0.29, 0.717) is 27.1 Å². The van der Waals surface area contributed by atoms with Gasteiger partial charge in [-0.1, -0.05) is 48.0 Å². The molecule has 0 atom stereocenters. The third-order valence-electron chi connectivity index (χ3n) is 5.36. The van der Waals surface area contributed by atoms with E-state index in [1.54, 1.807) is 42.6 Å². The Labute approximate surface area is 188 Å². The minimum absolute atomic E-state index is 0.0392. The van der Waals surface area contributed by atoms with Crippen LogP contribution in [-0.4, -0.2) is 17.4 Å². The Morgan fingerprint density at radius 2 is 1.81 bits per heavy atom. The number of ketones is 1. The van der Waals surface area contributed by atoms with Crippen molar-refractivity contribution in [2.45, 2.75) is 6.92 Å². The van der Waals surface area contributed by atoms with Gasteiger partial charge in [-0.25, -0.2) is 0 Å². The molecule has 2 heterocycles. The average molecular weight is 444 g/mol. The van der Waals surface area contributed by atoms with Crippen LogP contribution in [0.15, 0.2) is 82.1 Å². The van der Waals surface area contributed by atoms with E-state index in [-0.39, 0.29) is 29.3 Å². The van der Waals surface area contributed by atoms with E-state index in [4.69, 9.17) is 20.8 Å². The van der Waals surface area contributed by atoms with Crippen molar-refractivity contribution in [3.63, 3.8) is 0 Å². The number of rotatable bonds is 5. The van der Waals surface area contributed by atoms with Gasteiger partial charge in [0.05, 0.1) is 10.4 Å². The predicted octanol–water partition coefficient (Wildman–Crippen LogP) is 6.16. The number of carbonyl (C=O) groups excluding carboxylic acids is 1. The maximum absolute atomic E-state index is 13.3. The molecular formula is C26H18ClNO4. The first-order valence-corrected chi connectivity index (χ1v) is 10.4. The number of carbonyl (C=O) groups is 1. The largest absolute Gasteiger partial charge is 0.478 e. The fourth-order valence-electron chi connectivity index (χ4n) is 3.75. The van der Waals surface area contributed by atoms with Crippen LogP contribution in [0.1, 0.15) is 15.9 Å². The lowest BCUT2D eigenvalue weighted by Gasteiger charge is -2.12. The highest BCUT2D eigenvalue weighted by Gasteiger charge is 2.21. The molecule has 5 nitrogen and oxygen atoms in total. The number of nitrogens with one attached hydrogen (secondary N) is 1. The van der Waals surface area contributed by atoms with Gasteiger partial charge in [-0.3, -0.25) is 9.59 Å². The second-order valence-corrected chi connectivity index (χ2v) is 7.94. The Morgan fingerprint density at radius 1 is 1.03 bits per heavy atom. The van der Waals surface area contributed by atoms with Gasteiger partial charge in [-0.05, 0) is 42.8 Å². The van der Waals surface area contributed by atoms with Crippen LogP contribution in [0.2, 0.25) is 5.02 Å². The SMILES string of the molecule is Cc1ccc2c(=O)c(OCC(=O)c3c[nH]c4ccccc34)c(-c3ccccc3Cl)oc2c1. The number of benzene rings is 3. The van der Waals surface area contributed by atoms with E-state index >= 15 is 0 Å². The molecule has 1 N–H and O–H groups in total.